The molecule has 3 N–H and O–H groups in total. The Morgan fingerprint density at radius 1 is 1.04 bits per heavy atom. The largest absolute Gasteiger partial charge is 0.369 e. The molecule has 0 heterocycles. The maximum atomic E-state index is 13.0. The highest BCUT2D eigenvalue weighted by atomic mass is 19.1. The molecule has 0 bridgehead atoms. The second-order valence-electron chi connectivity index (χ2n) is 5.88. The minimum absolute atomic E-state index is 0.0910. The SMILES string of the molecule is NC(=O)Cc1ccc(NC(=O)C2(c3ccc(F)cc3)CC2)cc1. The van der Waals surface area contributed by atoms with E-state index < -0.39 is 11.3 Å². The molecule has 0 saturated heterocycles. The van der Waals surface area contributed by atoms with E-state index in [1.165, 1.54) is 12.1 Å². The van der Waals surface area contributed by atoms with Gasteiger partial charge in [-0.05, 0) is 48.2 Å². The van der Waals surface area contributed by atoms with Gasteiger partial charge >= 0.3 is 0 Å². The minimum Gasteiger partial charge on any atom is -0.369 e. The van der Waals surface area contributed by atoms with Gasteiger partial charge in [0, 0.05) is 5.69 Å². The van der Waals surface area contributed by atoms with Crippen LogP contribution >= 0.6 is 0 Å². The normalized spacial score (nSPS) is 15.0. The highest BCUT2D eigenvalue weighted by Gasteiger charge is 2.51. The molecule has 0 spiro atoms. The van der Waals surface area contributed by atoms with E-state index in [1.54, 1.807) is 36.4 Å². The number of halogens is 1. The quantitative estimate of drug-likeness (QED) is 0.890. The Morgan fingerprint density at radius 3 is 2.17 bits per heavy atom. The van der Waals surface area contributed by atoms with Gasteiger partial charge in [0.15, 0.2) is 0 Å². The van der Waals surface area contributed by atoms with E-state index in [4.69, 9.17) is 5.73 Å². The lowest BCUT2D eigenvalue weighted by Crippen LogP contribution is -2.27. The van der Waals surface area contributed by atoms with Gasteiger partial charge in [0.25, 0.3) is 0 Å². The minimum atomic E-state index is -0.556. The molecule has 0 radical (unpaired) electrons. The summed E-state index contributed by atoms with van der Waals surface area (Å²) >= 11 is 0. The molecular formula is C18H17FN2O2. The molecule has 3 rings (SSSR count). The molecule has 2 aromatic rings. The van der Waals surface area contributed by atoms with Gasteiger partial charge in [-0.2, -0.15) is 0 Å². The third kappa shape index (κ3) is 3.23. The molecular weight excluding hydrogens is 295 g/mol. The lowest BCUT2D eigenvalue weighted by Gasteiger charge is -2.16. The van der Waals surface area contributed by atoms with Crippen molar-refractivity contribution in [2.45, 2.75) is 24.7 Å². The molecule has 23 heavy (non-hydrogen) atoms. The third-order valence-electron chi connectivity index (χ3n) is 4.17. The third-order valence-corrected chi connectivity index (χ3v) is 4.17. The first-order valence-electron chi connectivity index (χ1n) is 7.44. The maximum Gasteiger partial charge on any atom is 0.235 e. The van der Waals surface area contributed by atoms with Gasteiger partial charge in [-0.1, -0.05) is 24.3 Å². The molecule has 0 aliphatic heterocycles. The first-order chi connectivity index (χ1) is 11.0. The van der Waals surface area contributed by atoms with Crippen LogP contribution in [0.25, 0.3) is 0 Å². The second kappa shape index (κ2) is 5.83. The van der Waals surface area contributed by atoms with Crippen molar-refractivity contribution >= 4 is 17.5 Å². The van der Waals surface area contributed by atoms with Gasteiger partial charge in [0.2, 0.25) is 11.8 Å². The predicted octanol–water partition coefficient (Wildman–Crippen LogP) is 2.52. The smallest absolute Gasteiger partial charge is 0.235 e. The van der Waals surface area contributed by atoms with Crippen LogP contribution in [0.15, 0.2) is 48.5 Å². The Balaban J connectivity index is 1.71. The van der Waals surface area contributed by atoms with Crippen molar-refractivity contribution in [1.82, 2.24) is 0 Å². The lowest BCUT2D eigenvalue weighted by molar-refractivity contribution is -0.119. The Bertz CT molecular complexity index is 735. The van der Waals surface area contributed by atoms with Gasteiger partial charge < -0.3 is 11.1 Å². The van der Waals surface area contributed by atoms with E-state index in [9.17, 15) is 14.0 Å². The number of anilines is 1. The van der Waals surface area contributed by atoms with Crippen molar-refractivity contribution in [3.8, 4) is 0 Å². The van der Waals surface area contributed by atoms with E-state index in [2.05, 4.69) is 5.32 Å². The van der Waals surface area contributed by atoms with E-state index in [0.717, 1.165) is 24.0 Å². The van der Waals surface area contributed by atoms with Crippen LogP contribution in [0.1, 0.15) is 24.0 Å². The fraction of sp³-hybridized carbons (Fsp3) is 0.222. The Kier molecular flexibility index (Phi) is 3.86. The van der Waals surface area contributed by atoms with Crippen LogP contribution in [0.2, 0.25) is 0 Å². The van der Waals surface area contributed by atoms with Gasteiger partial charge in [-0.3, -0.25) is 9.59 Å². The molecule has 2 aromatic carbocycles. The Hall–Kier alpha value is -2.69. The van der Waals surface area contributed by atoms with Crippen LogP contribution in [0, 0.1) is 5.82 Å². The average molecular weight is 312 g/mol. The molecule has 5 heteroatoms. The molecule has 4 nitrogen and oxygen atoms in total. The van der Waals surface area contributed by atoms with Crippen molar-refractivity contribution in [2.75, 3.05) is 5.32 Å². The van der Waals surface area contributed by atoms with Crippen LogP contribution in [-0.4, -0.2) is 11.8 Å². The number of carbonyl (C=O) groups is 2. The number of carbonyl (C=O) groups excluding carboxylic acids is 2. The summed E-state index contributed by atoms with van der Waals surface area (Å²) < 4.78 is 13.0. The molecule has 2 amide bonds. The van der Waals surface area contributed by atoms with Crippen LogP contribution in [0.5, 0.6) is 0 Å². The number of hydrogen-bond donors (Lipinski definition) is 2. The van der Waals surface area contributed by atoms with Gasteiger partial charge in [0.1, 0.15) is 5.82 Å². The summed E-state index contributed by atoms with van der Waals surface area (Å²) in [7, 11) is 0. The summed E-state index contributed by atoms with van der Waals surface area (Å²) in [5.74, 6) is -0.795. The lowest BCUT2D eigenvalue weighted by atomic mass is 9.95. The monoisotopic (exact) mass is 312 g/mol. The molecule has 1 aliphatic rings. The average Bonchev–Trinajstić information content (AvgIpc) is 3.31. The van der Waals surface area contributed by atoms with E-state index in [0.29, 0.717) is 5.69 Å². The Morgan fingerprint density at radius 2 is 1.65 bits per heavy atom. The topological polar surface area (TPSA) is 72.2 Å². The summed E-state index contributed by atoms with van der Waals surface area (Å²) in [4.78, 5) is 23.4. The maximum absolute atomic E-state index is 13.0. The van der Waals surface area contributed by atoms with Crippen molar-refractivity contribution in [3.05, 3.63) is 65.5 Å². The van der Waals surface area contributed by atoms with E-state index in [-0.39, 0.29) is 18.1 Å². The zero-order chi connectivity index (χ0) is 16.4. The second-order valence-corrected chi connectivity index (χ2v) is 5.88. The molecule has 0 atom stereocenters. The number of nitrogens with two attached hydrogens (primary N) is 1. The number of nitrogens with one attached hydrogen (secondary N) is 1. The molecule has 0 aromatic heterocycles. The zero-order valence-electron chi connectivity index (χ0n) is 12.5. The van der Waals surface area contributed by atoms with E-state index >= 15 is 0 Å². The molecule has 118 valence electrons. The number of hydrogen-bond acceptors (Lipinski definition) is 2. The van der Waals surface area contributed by atoms with Crippen molar-refractivity contribution in [2.24, 2.45) is 5.73 Å². The van der Waals surface area contributed by atoms with Crippen LogP contribution in [-0.2, 0) is 21.4 Å². The molecule has 1 saturated carbocycles. The Labute approximate surface area is 133 Å². The highest BCUT2D eigenvalue weighted by molar-refractivity contribution is 6.01. The molecule has 1 aliphatic carbocycles. The number of amides is 2. The van der Waals surface area contributed by atoms with Crippen molar-refractivity contribution < 1.29 is 14.0 Å². The first-order valence-corrected chi connectivity index (χ1v) is 7.44. The van der Waals surface area contributed by atoms with Crippen molar-refractivity contribution in [1.29, 1.82) is 0 Å². The van der Waals surface area contributed by atoms with Gasteiger partial charge in [-0.25, -0.2) is 4.39 Å². The summed E-state index contributed by atoms with van der Waals surface area (Å²) in [5, 5.41) is 2.89. The predicted molar refractivity (Wildman–Crippen MR) is 85.3 cm³/mol. The standard InChI is InChI=1S/C18H17FN2O2/c19-14-5-3-13(4-6-14)18(9-10-18)17(23)21-15-7-1-12(2-8-15)11-16(20)22/h1-8H,9-11H2,(H2,20,22)(H,21,23). The zero-order valence-corrected chi connectivity index (χ0v) is 12.5. The summed E-state index contributed by atoms with van der Waals surface area (Å²) in [6, 6.07) is 13.1. The van der Waals surface area contributed by atoms with Crippen molar-refractivity contribution in [3.63, 3.8) is 0 Å². The highest BCUT2D eigenvalue weighted by Crippen LogP contribution is 2.49. The fourth-order valence-corrected chi connectivity index (χ4v) is 2.70. The van der Waals surface area contributed by atoms with Crippen LogP contribution in [0.4, 0.5) is 10.1 Å². The molecule has 0 unspecified atom stereocenters. The summed E-state index contributed by atoms with van der Waals surface area (Å²) in [6.45, 7) is 0. The summed E-state index contributed by atoms with van der Waals surface area (Å²) in [5.41, 5.74) is 6.89. The first kappa shape index (κ1) is 15.2. The van der Waals surface area contributed by atoms with E-state index in [1.807, 2.05) is 0 Å². The number of primary amides is 1. The molecule has 1 fully saturated rings. The number of benzene rings is 2. The fourth-order valence-electron chi connectivity index (χ4n) is 2.70. The summed E-state index contributed by atoms with van der Waals surface area (Å²) in [6.07, 6.45) is 1.68. The number of rotatable bonds is 5. The van der Waals surface area contributed by atoms with Gasteiger partial charge in [0.05, 0.1) is 11.8 Å². The van der Waals surface area contributed by atoms with Crippen LogP contribution < -0.4 is 11.1 Å². The van der Waals surface area contributed by atoms with Gasteiger partial charge in [-0.15, -0.1) is 0 Å². The van der Waals surface area contributed by atoms with Crippen LogP contribution in [0.3, 0.4) is 0 Å².